The topological polar surface area (TPSA) is 66.4 Å². The van der Waals surface area contributed by atoms with E-state index in [-0.39, 0.29) is 6.04 Å². The molecular formula is C16H15NO3. The Morgan fingerprint density at radius 3 is 1.75 bits per heavy atom. The van der Waals surface area contributed by atoms with Gasteiger partial charge in [0.05, 0.1) is 6.04 Å². The Morgan fingerprint density at radius 2 is 1.35 bits per heavy atom. The first-order chi connectivity index (χ1) is 9.66. The van der Waals surface area contributed by atoms with Gasteiger partial charge in [-0.15, -0.1) is 0 Å². The lowest BCUT2D eigenvalue weighted by Gasteiger charge is -2.19. The zero-order valence-corrected chi connectivity index (χ0v) is 10.8. The molecule has 0 spiro atoms. The molecule has 2 aromatic rings. The molecule has 2 aromatic carbocycles. The highest BCUT2D eigenvalue weighted by Gasteiger charge is 2.17. The lowest BCUT2D eigenvalue weighted by atomic mass is 9.98. The molecule has 2 N–H and O–H groups in total. The number of benzene rings is 2. The zero-order chi connectivity index (χ0) is 14.4. The number of carboxylic acids is 1. The van der Waals surface area contributed by atoms with Crippen LogP contribution in [0.25, 0.3) is 0 Å². The van der Waals surface area contributed by atoms with Crippen molar-refractivity contribution in [2.24, 2.45) is 0 Å². The number of carbonyl (C=O) groups excluding carboxylic acids is 1. The van der Waals surface area contributed by atoms with Gasteiger partial charge in [0.15, 0.2) is 0 Å². The van der Waals surface area contributed by atoms with Gasteiger partial charge in [-0.05, 0) is 11.1 Å². The van der Waals surface area contributed by atoms with Crippen LogP contribution in [0, 0.1) is 0 Å². The molecule has 0 aromatic heterocycles. The first-order valence-electron chi connectivity index (χ1n) is 6.28. The molecule has 0 aliphatic rings. The molecule has 0 fully saturated rings. The van der Waals surface area contributed by atoms with Crippen molar-refractivity contribution < 1.29 is 14.7 Å². The molecule has 4 heteroatoms. The largest absolute Gasteiger partial charge is 0.481 e. The summed E-state index contributed by atoms with van der Waals surface area (Å²) < 4.78 is 0. The number of nitrogens with one attached hydrogen (secondary N) is 1. The Kier molecular flexibility index (Phi) is 4.50. The molecular weight excluding hydrogens is 254 g/mol. The average molecular weight is 269 g/mol. The van der Waals surface area contributed by atoms with E-state index in [1.54, 1.807) is 0 Å². The molecule has 0 saturated carbocycles. The minimum absolute atomic E-state index is 0.343. The molecule has 0 bridgehead atoms. The fourth-order valence-electron chi connectivity index (χ4n) is 2.00. The van der Waals surface area contributed by atoms with Crippen molar-refractivity contribution in [3.8, 4) is 0 Å². The molecule has 4 nitrogen and oxygen atoms in total. The van der Waals surface area contributed by atoms with Crippen molar-refractivity contribution in [3.05, 3.63) is 71.8 Å². The van der Waals surface area contributed by atoms with E-state index in [9.17, 15) is 9.59 Å². The third-order valence-corrected chi connectivity index (χ3v) is 2.88. The predicted molar refractivity (Wildman–Crippen MR) is 75.1 cm³/mol. The third-order valence-electron chi connectivity index (χ3n) is 2.88. The summed E-state index contributed by atoms with van der Waals surface area (Å²) in [5, 5.41) is 11.4. The van der Waals surface area contributed by atoms with Crippen molar-refractivity contribution in [2.75, 3.05) is 0 Å². The Morgan fingerprint density at radius 1 is 0.900 bits per heavy atom. The molecule has 0 aliphatic heterocycles. The minimum Gasteiger partial charge on any atom is -0.481 e. The maximum atomic E-state index is 11.7. The van der Waals surface area contributed by atoms with Gasteiger partial charge in [0.25, 0.3) is 0 Å². The van der Waals surface area contributed by atoms with Gasteiger partial charge in [0.1, 0.15) is 6.42 Å². The molecule has 0 unspecified atom stereocenters. The molecule has 0 atom stereocenters. The lowest BCUT2D eigenvalue weighted by molar-refractivity contribution is -0.140. The minimum atomic E-state index is -1.14. The summed E-state index contributed by atoms with van der Waals surface area (Å²) in [6.45, 7) is 0. The highest BCUT2D eigenvalue weighted by molar-refractivity contribution is 5.93. The van der Waals surface area contributed by atoms with Crippen LogP contribution in [0.2, 0.25) is 0 Å². The number of carbonyl (C=O) groups is 2. The summed E-state index contributed by atoms with van der Waals surface area (Å²) in [7, 11) is 0. The van der Waals surface area contributed by atoms with E-state index in [0.29, 0.717) is 0 Å². The summed E-state index contributed by atoms with van der Waals surface area (Å²) in [4.78, 5) is 22.3. The number of rotatable bonds is 5. The normalized spacial score (nSPS) is 10.2. The van der Waals surface area contributed by atoms with E-state index in [2.05, 4.69) is 5.32 Å². The van der Waals surface area contributed by atoms with E-state index >= 15 is 0 Å². The Hall–Kier alpha value is -2.62. The predicted octanol–water partition coefficient (Wildman–Crippen LogP) is 2.37. The molecule has 2 rings (SSSR count). The second kappa shape index (κ2) is 6.52. The Balaban J connectivity index is 2.26. The highest BCUT2D eigenvalue weighted by atomic mass is 16.4. The van der Waals surface area contributed by atoms with E-state index in [1.807, 2.05) is 60.7 Å². The van der Waals surface area contributed by atoms with Crippen LogP contribution in [-0.2, 0) is 9.59 Å². The molecule has 20 heavy (non-hydrogen) atoms. The van der Waals surface area contributed by atoms with Crippen molar-refractivity contribution in [1.82, 2.24) is 5.32 Å². The van der Waals surface area contributed by atoms with Crippen LogP contribution in [0.3, 0.4) is 0 Å². The fraction of sp³-hybridized carbons (Fsp3) is 0.125. The second-order valence-corrected chi connectivity index (χ2v) is 4.39. The lowest BCUT2D eigenvalue weighted by Crippen LogP contribution is -2.30. The standard InChI is InChI=1S/C16H15NO3/c18-14(11-15(19)20)17-16(12-7-3-1-4-8-12)13-9-5-2-6-10-13/h1-10,16H,11H2,(H,17,18)(H,19,20). The Bertz CT molecular complexity index is 542. The van der Waals surface area contributed by atoms with Crippen LogP contribution < -0.4 is 5.32 Å². The van der Waals surface area contributed by atoms with Crippen LogP contribution in [0.15, 0.2) is 60.7 Å². The van der Waals surface area contributed by atoms with Crippen LogP contribution >= 0.6 is 0 Å². The van der Waals surface area contributed by atoms with E-state index < -0.39 is 18.3 Å². The van der Waals surface area contributed by atoms with Gasteiger partial charge in [-0.3, -0.25) is 9.59 Å². The monoisotopic (exact) mass is 269 g/mol. The van der Waals surface area contributed by atoms with Gasteiger partial charge < -0.3 is 10.4 Å². The number of hydrogen-bond acceptors (Lipinski definition) is 2. The van der Waals surface area contributed by atoms with Gasteiger partial charge in [-0.1, -0.05) is 60.7 Å². The van der Waals surface area contributed by atoms with Crippen LogP contribution in [0.4, 0.5) is 0 Å². The van der Waals surface area contributed by atoms with Gasteiger partial charge in [-0.2, -0.15) is 0 Å². The van der Waals surface area contributed by atoms with Crippen LogP contribution in [0.5, 0.6) is 0 Å². The number of aliphatic carboxylic acids is 1. The first kappa shape index (κ1) is 13.8. The fourth-order valence-corrected chi connectivity index (χ4v) is 2.00. The first-order valence-corrected chi connectivity index (χ1v) is 6.28. The average Bonchev–Trinajstić information content (AvgIpc) is 2.46. The maximum absolute atomic E-state index is 11.7. The number of hydrogen-bond donors (Lipinski definition) is 2. The SMILES string of the molecule is O=C(O)CC(=O)NC(c1ccccc1)c1ccccc1. The summed E-state index contributed by atoms with van der Waals surface area (Å²) in [5.74, 6) is -1.64. The van der Waals surface area contributed by atoms with Gasteiger partial charge in [-0.25, -0.2) is 0 Å². The maximum Gasteiger partial charge on any atom is 0.312 e. The van der Waals surface area contributed by atoms with E-state index in [1.165, 1.54) is 0 Å². The van der Waals surface area contributed by atoms with Gasteiger partial charge in [0.2, 0.25) is 5.91 Å². The van der Waals surface area contributed by atoms with Crippen molar-refractivity contribution >= 4 is 11.9 Å². The summed E-state index contributed by atoms with van der Waals surface area (Å²) in [6, 6.07) is 18.6. The van der Waals surface area contributed by atoms with E-state index in [0.717, 1.165) is 11.1 Å². The van der Waals surface area contributed by atoms with Crippen molar-refractivity contribution in [2.45, 2.75) is 12.5 Å². The van der Waals surface area contributed by atoms with E-state index in [4.69, 9.17) is 5.11 Å². The number of carboxylic acid groups (broad SMARTS) is 1. The Labute approximate surface area is 117 Å². The number of amides is 1. The summed E-state index contributed by atoms with van der Waals surface area (Å²) >= 11 is 0. The molecule has 0 radical (unpaired) electrons. The third kappa shape index (κ3) is 3.68. The smallest absolute Gasteiger partial charge is 0.312 e. The van der Waals surface area contributed by atoms with Gasteiger partial charge >= 0.3 is 5.97 Å². The van der Waals surface area contributed by atoms with Gasteiger partial charge in [0, 0.05) is 0 Å². The van der Waals surface area contributed by atoms with Crippen LogP contribution in [-0.4, -0.2) is 17.0 Å². The molecule has 0 heterocycles. The molecule has 102 valence electrons. The second-order valence-electron chi connectivity index (χ2n) is 4.39. The molecule has 0 aliphatic carbocycles. The highest BCUT2D eigenvalue weighted by Crippen LogP contribution is 2.21. The summed E-state index contributed by atoms with van der Waals surface area (Å²) in [6.07, 6.45) is -0.532. The summed E-state index contributed by atoms with van der Waals surface area (Å²) in [5.41, 5.74) is 1.83. The zero-order valence-electron chi connectivity index (χ0n) is 10.8. The van der Waals surface area contributed by atoms with Crippen molar-refractivity contribution in [1.29, 1.82) is 0 Å². The molecule has 1 amide bonds. The van der Waals surface area contributed by atoms with Crippen molar-refractivity contribution in [3.63, 3.8) is 0 Å². The quantitative estimate of drug-likeness (QED) is 0.819. The molecule has 0 saturated heterocycles. The van der Waals surface area contributed by atoms with Crippen LogP contribution in [0.1, 0.15) is 23.6 Å².